The van der Waals surface area contributed by atoms with Gasteiger partial charge < -0.3 is 9.67 Å². The first-order valence-corrected chi connectivity index (χ1v) is 5.36. The van der Waals surface area contributed by atoms with E-state index in [0.717, 1.165) is 10.2 Å². The van der Waals surface area contributed by atoms with Gasteiger partial charge >= 0.3 is 0 Å². The lowest BCUT2D eigenvalue weighted by atomic mass is 10.3. The Morgan fingerprint density at radius 2 is 2.29 bits per heavy atom. The highest BCUT2D eigenvalue weighted by Crippen LogP contribution is 2.21. The molecule has 0 aliphatic rings. The van der Waals surface area contributed by atoms with Gasteiger partial charge in [0.05, 0.1) is 16.8 Å². The van der Waals surface area contributed by atoms with Gasteiger partial charge in [0.1, 0.15) is 0 Å². The van der Waals surface area contributed by atoms with Crippen LogP contribution in [0.15, 0.2) is 18.2 Å². The number of rotatable bonds is 2. The van der Waals surface area contributed by atoms with Gasteiger partial charge in [-0.3, -0.25) is 5.41 Å². The van der Waals surface area contributed by atoms with Gasteiger partial charge in [0.15, 0.2) is 4.80 Å². The summed E-state index contributed by atoms with van der Waals surface area (Å²) in [4.78, 5) is 0.441. The van der Waals surface area contributed by atoms with Gasteiger partial charge in [-0.2, -0.15) is 0 Å². The van der Waals surface area contributed by atoms with E-state index in [1.807, 2.05) is 12.1 Å². The molecule has 5 heteroatoms. The van der Waals surface area contributed by atoms with E-state index in [2.05, 4.69) is 0 Å². The average molecular weight is 229 g/mol. The molecule has 0 amide bonds. The average Bonchev–Trinajstić information content (AvgIpc) is 2.43. The van der Waals surface area contributed by atoms with Crippen molar-refractivity contribution in [1.82, 2.24) is 4.57 Å². The van der Waals surface area contributed by atoms with Crippen molar-refractivity contribution in [3.05, 3.63) is 28.0 Å². The van der Waals surface area contributed by atoms with Crippen molar-refractivity contribution in [3.63, 3.8) is 0 Å². The fourth-order valence-corrected chi connectivity index (χ4v) is 2.60. The van der Waals surface area contributed by atoms with Gasteiger partial charge in [0.2, 0.25) is 0 Å². The van der Waals surface area contributed by atoms with Crippen LogP contribution < -0.4 is 4.80 Å². The molecule has 0 fully saturated rings. The van der Waals surface area contributed by atoms with Crippen molar-refractivity contribution < 1.29 is 5.11 Å². The smallest absolute Gasteiger partial charge is 0.182 e. The summed E-state index contributed by atoms with van der Waals surface area (Å²) in [7, 11) is 0. The summed E-state index contributed by atoms with van der Waals surface area (Å²) in [6.45, 7) is 0.505. The SMILES string of the molecule is N=c1sc2cc(Cl)ccc2n1CCO. The van der Waals surface area contributed by atoms with Crippen molar-refractivity contribution in [2.45, 2.75) is 6.54 Å². The molecule has 0 saturated heterocycles. The van der Waals surface area contributed by atoms with Gasteiger partial charge in [-0.15, -0.1) is 0 Å². The Morgan fingerprint density at radius 1 is 1.50 bits per heavy atom. The number of halogens is 1. The van der Waals surface area contributed by atoms with Crippen LogP contribution in [0.5, 0.6) is 0 Å². The third-order valence-corrected chi connectivity index (χ3v) is 3.18. The second-order valence-corrected chi connectivity index (χ2v) is 4.36. The maximum Gasteiger partial charge on any atom is 0.182 e. The molecule has 3 nitrogen and oxygen atoms in total. The number of hydrogen-bond donors (Lipinski definition) is 2. The van der Waals surface area contributed by atoms with Crippen LogP contribution in [-0.2, 0) is 6.54 Å². The van der Waals surface area contributed by atoms with Crippen LogP contribution >= 0.6 is 22.9 Å². The van der Waals surface area contributed by atoms with Crippen LogP contribution in [-0.4, -0.2) is 16.3 Å². The number of hydrogen-bond acceptors (Lipinski definition) is 3. The van der Waals surface area contributed by atoms with E-state index in [4.69, 9.17) is 22.1 Å². The summed E-state index contributed by atoms with van der Waals surface area (Å²) in [5, 5.41) is 17.2. The van der Waals surface area contributed by atoms with E-state index in [1.54, 1.807) is 10.6 Å². The molecular formula is C9H9ClN2OS. The molecule has 1 aromatic carbocycles. The highest BCUT2D eigenvalue weighted by atomic mass is 35.5. The minimum atomic E-state index is 0.0466. The quantitative estimate of drug-likeness (QED) is 0.810. The summed E-state index contributed by atoms with van der Waals surface area (Å²) in [6.07, 6.45) is 0. The summed E-state index contributed by atoms with van der Waals surface area (Å²) < 4.78 is 2.76. The number of nitrogens with one attached hydrogen (secondary N) is 1. The third-order valence-electron chi connectivity index (χ3n) is 1.99. The first-order chi connectivity index (χ1) is 6.72. The van der Waals surface area contributed by atoms with Crippen molar-refractivity contribution >= 4 is 33.2 Å². The van der Waals surface area contributed by atoms with Crippen LogP contribution in [0.3, 0.4) is 0 Å². The van der Waals surface area contributed by atoms with Crippen LogP contribution in [0.2, 0.25) is 5.02 Å². The fraction of sp³-hybridized carbons (Fsp3) is 0.222. The summed E-state index contributed by atoms with van der Waals surface area (Å²) >= 11 is 7.21. The van der Waals surface area contributed by atoms with Gasteiger partial charge in [0.25, 0.3) is 0 Å². The normalized spacial score (nSPS) is 11.0. The summed E-state index contributed by atoms with van der Waals surface area (Å²) in [6, 6.07) is 5.51. The highest BCUT2D eigenvalue weighted by Gasteiger charge is 2.04. The monoisotopic (exact) mass is 228 g/mol. The molecule has 0 spiro atoms. The van der Waals surface area contributed by atoms with Crippen LogP contribution in [0, 0.1) is 5.41 Å². The van der Waals surface area contributed by atoms with E-state index >= 15 is 0 Å². The van der Waals surface area contributed by atoms with Crippen molar-refractivity contribution in [2.75, 3.05) is 6.61 Å². The maximum absolute atomic E-state index is 8.85. The standard InChI is InChI=1S/C9H9ClN2OS/c10-6-1-2-7-8(5-6)14-9(11)12(7)3-4-13/h1-2,5,11,13H,3-4H2. The minimum Gasteiger partial charge on any atom is -0.395 e. The number of fused-ring (bicyclic) bond motifs is 1. The number of aliphatic hydroxyl groups excluding tert-OH is 1. The van der Waals surface area contributed by atoms with Gasteiger partial charge in [-0.05, 0) is 18.2 Å². The summed E-state index contributed by atoms with van der Waals surface area (Å²) in [5.41, 5.74) is 0.957. The predicted molar refractivity (Wildman–Crippen MR) is 57.8 cm³/mol. The van der Waals surface area contributed by atoms with E-state index in [0.29, 0.717) is 16.4 Å². The van der Waals surface area contributed by atoms with Gasteiger partial charge in [-0.25, -0.2) is 0 Å². The van der Waals surface area contributed by atoms with Crippen LogP contribution in [0.25, 0.3) is 10.2 Å². The minimum absolute atomic E-state index is 0.0466. The largest absolute Gasteiger partial charge is 0.395 e. The van der Waals surface area contributed by atoms with E-state index in [9.17, 15) is 0 Å². The van der Waals surface area contributed by atoms with E-state index in [1.165, 1.54) is 11.3 Å². The highest BCUT2D eigenvalue weighted by molar-refractivity contribution is 7.16. The zero-order valence-corrected chi connectivity index (χ0v) is 8.90. The maximum atomic E-state index is 8.85. The molecule has 0 radical (unpaired) electrons. The number of nitrogens with zero attached hydrogens (tertiary/aromatic N) is 1. The predicted octanol–water partition coefficient (Wildman–Crippen LogP) is 1.83. The number of aromatic nitrogens is 1. The number of benzene rings is 1. The molecule has 0 unspecified atom stereocenters. The molecule has 2 aromatic rings. The molecule has 1 heterocycles. The van der Waals surface area contributed by atoms with Crippen molar-refractivity contribution in [3.8, 4) is 0 Å². The first-order valence-electron chi connectivity index (χ1n) is 4.16. The second-order valence-electron chi connectivity index (χ2n) is 2.89. The van der Waals surface area contributed by atoms with Crippen molar-refractivity contribution in [2.24, 2.45) is 0 Å². The fourth-order valence-electron chi connectivity index (χ4n) is 1.38. The molecule has 1 aromatic heterocycles. The van der Waals surface area contributed by atoms with Gasteiger partial charge in [-0.1, -0.05) is 22.9 Å². The zero-order valence-electron chi connectivity index (χ0n) is 7.33. The molecule has 74 valence electrons. The van der Waals surface area contributed by atoms with E-state index in [-0.39, 0.29) is 6.61 Å². The Labute approximate surface area is 89.7 Å². The molecule has 0 aliphatic heterocycles. The molecule has 2 N–H and O–H groups in total. The summed E-state index contributed by atoms with van der Waals surface area (Å²) in [5.74, 6) is 0. The molecule has 0 bridgehead atoms. The van der Waals surface area contributed by atoms with Crippen molar-refractivity contribution in [1.29, 1.82) is 5.41 Å². The number of thiazole rings is 1. The Balaban J connectivity index is 2.71. The Kier molecular flexibility index (Phi) is 2.58. The van der Waals surface area contributed by atoms with Gasteiger partial charge in [0, 0.05) is 11.6 Å². The molecular weight excluding hydrogens is 220 g/mol. The second kappa shape index (κ2) is 3.73. The molecule has 0 saturated carbocycles. The lowest BCUT2D eigenvalue weighted by Crippen LogP contribution is -2.14. The molecule has 14 heavy (non-hydrogen) atoms. The first kappa shape index (κ1) is 9.71. The Hall–Kier alpha value is -0.840. The molecule has 0 aliphatic carbocycles. The number of aliphatic hydroxyl groups is 1. The van der Waals surface area contributed by atoms with Crippen LogP contribution in [0.4, 0.5) is 0 Å². The topological polar surface area (TPSA) is 49.0 Å². The molecule has 2 rings (SSSR count). The lowest BCUT2D eigenvalue weighted by molar-refractivity contribution is 0.276. The van der Waals surface area contributed by atoms with E-state index < -0.39 is 0 Å². The van der Waals surface area contributed by atoms with Crippen LogP contribution in [0.1, 0.15) is 0 Å². The molecule has 0 atom stereocenters. The Morgan fingerprint density at radius 3 is 3.00 bits per heavy atom. The third kappa shape index (κ3) is 1.56. The zero-order chi connectivity index (χ0) is 10.1. The Bertz CT molecular complexity index is 517. The lowest BCUT2D eigenvalue weighted by Gasteiger charge is -2.00.